The lowest BCUT2D eigenvalue weighted by Gasteiger charge is -2.31. The summed E-state index contributed by atoms with van der Waals surface area (Å²) in [6.45, 7) is 11.0. The van der Waals surface area contributed by atoms with Gasteiger partial charge >= 0.3 is 5.97 Å². The number of nitrogens with zero attached hydrogens (tertiary/aromatic N) is 6. The summed E-state index contributed by atoms with van der Waals surface area (Å²) in [5.74, 6) is -0.854. The average molecular weight is 663 g/mol. The number of likely N-dealkylation sites (N-methyl/N-ethyl adjacent to an activating group) is 1. The van der Waals surface area contributed by atoms with Crippen LogP contribution in [0.25, 0.3) is 0 Å². The lowest BCUT2D eigenvalue weighted by atomic mass is 9.91. The van der Waals surface area contributed by atoms with Crippen LogP contribution in [0.3, 0.4) is 0 Å². The van der Waals surface area contributed by atoms with Crippen LogP contribution >= 0.6 is 0 Å². The molecule has 256 valence electrons. The zero-order chi connectivity index (χ0) is 36.7. The fourth-order valence-electron chi connectivity index (χ4n) is 6.00. The summed E-state index contributed by atoms with van der Waals surface area (Å²) in [4.78, 5) is 45.1. The van der Waals surface area contributed by atoms with Crippen molar-refractivity contribution in [1.29, 1.82) is 0 Å². The van der Waals surface area contributed by atoms with E-state index in [1.54, 1.807) is 52.0 Å². The molecule has 2 aliphatic rings. The lowest BCUT2D eigenvalue weighted by molar-refractivity contribution is -0.111. The number of aryl methyl sites for hydroxylation is 1. The van der Waals surface area contributed by atoms with Gasteiger partial charge in [-0.1, -0.05) is 20.4 Å². The first-order chi connectivity index (χ1) is 23.5. The number of amides is 1. The van der Waals surface area contributed by atoms with E-state index in [9.17, 15) is 16.7 Å². The van der Waals surface area contributed by atoms with Crippen molar-refractivity contribution in [3.63, 3.8) is 0 Å². The van der Waals surface area contributed by atoms with Gasteiger partial charge in [-0.25, -0.2) is 14.2 Å². The highest BCUT2D eigenvalue weighted by Gasteiger charge is 2.40. The second kappa shape index (κ2) is 13.8. The largest absolute Gasteiger partial charge is 0.494 e. The van der Waals surface area contributed by atoms with Crippen LogP contribution in [0, 0.1) is 6.92 Å². The number of rotatable bonds is 11. The highest BCUT2D eigenvalue weighted by atomic mass is 19.1. The number of alkyl halides is 1. The van der Waals surface area contributed by atoms with E-state index in [1.807, 2.05) is 30.8 Å². The van der Waals surface area contributed by atoms with Crippen molar-refractivity contribution in [2.24, 2.45) is 0 Å². The van der Waals surface area contributed by atoms with Crippen LogP contribution in [0.4, 0.5) is 38.9 Å². The van der Waals surface area contributed by atoms with Crippen LogP contribution < -0.4 is 25.2 Å². The summed E-state index contributed by atoms with van der Waals surface area (Å²) in [7, 11) is 5.32. The van der Waals surface area contributed by atoms with Crippen molar-refractivity contribution >= 4 is 46.4 Å². The Hall–Kier alpha value is -4.78. The van der Waals surface area contributed by atoms with E-state index < -0.39 is 36.1 Å². The first-order valence-electron chi connectivity index (χ1n) is 16.8. The van der Waals surface area contributed by atoms with E-state index in [4.69, 9.17) is 14.5 Å². The molecule has 2 aromatic heterocycles. The average Bonchev–Trinajstić information content (AvgIpc) is 3.46. The smallest absolute Gasteiger partial charge is 0.343 e. The molecular formula is C35H45FN8O4. The molecule has 48 heavy (non-hydrogen) atoms. The van der Waals surface area contributed by atoms with Crippen molar-refractivity contribution in [1.82, 2.24) is 19.9 Å². The molecular weight excluding hydrogens is 615 g/mol. The number of anilines is 6. The minimum atomic E-state index is -2.08. The molecule has 2 aliphatic heterocycles. The van der Waals surface area contributed by atoms with Gasteiger partial charge in [0.1, 0.15) is 17.5 Å². The number of aromatic nitrogens is 3. The van der Waals surface area contributed by atoms with E-state index in [1.165, 1.54) is 18.2 Å². The highest BCUT2D eigenvalue weighted by Crippen LogP contribution is 2.45. The van der Waals surface area contributed by atoms with Crippen molar-refractivity contribution in [2.45, 2.75) is 64.8 Å². The number of fused-ring (bicyclic) bond motifs is 1. The maximum atomic E-state index is 14.8. The van der Waals surface area contributed by atoms with Gasteiger partial charge in [-0.3, -0.25) is 9.78 Å². The summed E-state index contributed by atoms with van der Waals surface area (Å²) in [6, 6.07) is 6.72. The molecule has 1 saturated heterocycles. The van der Waals surface area contributed by atoms with Crippen LogP contribution in [0.1, 0.15) is 58.6 Å². The molecule has 4 heterocycles. The topological polar surface area (TPSA) is 125 Å². The van der Waals surface area contributed by atoms with Crippen LogP contribution in [-0.4, -0.2) is 90.8 Å². The Bertz CT molecular complexity index is 1800. The third-order valence-electron chi connectivity index (χ3n) is 8.04. The quantitative estimate of drug-likeness (QED) is 0.199. The molecule has 0 radical (unpaired) electrons. The van der Waals surface area contributed by atoms with E-state index >= 15 is 0 Å². The lowest BCUT2D eigenvalue weighted by Crippen LogP contribution is -2.38. The van der Waals surface area contributed by atoms with Crippen LogP contribution in [0.15, 0.2) is 43.1 Å². The molecule has 1 fully saturated rings. The number of hydrogen-bond acceptors (Lipinski definition) is 11. The molecule has 0 bridgehead atoms. The Morgan fingerprint density at radius 1 is 1.23 bits per heavy atom. The third-order valence-corrected chi connectivity index (χ3v) is 8.04. The number of benzene rings is 1. The van der Waals surface area contributed by atoms with Gasteiger partial charge in [0.2, 0.25) is 11.9 Å². The first-order valence-corrected chi connectivity index (χ1v) is 15.8. The van der Waals surface area contributed by atoms with Crippen molar-refractivity contribution < 1.29 is 26.2 Å². The molecule has 3 aromatic rings. The minimum absolute atomic E-state index is 0.00532. The second-order valence-electron chi connectivity index (χ2n) is 13.1. The Morgan fingerprint density at radius 2 is 1.98 bits per heavy atom. The van der Waals surface area contributed by atoms with Crippen LogP contribution in [-0.2, 0) is 14.9 Å². The molecule has 5 rings (SSSR count). The van der Waals surface area contributed by atoms with Gasteiger partial charge in [0.25, 0.3) is 0 Å². The number of hydrogen-bond donors (Lipinski definition) is 2. The summed E-state index contributed by atoms with van der Waals surface area (Å²) in [5, 5.41) is 5.97. The van der Waals surface area contributed by atoms with Gasteiger partial charge in [-0.15, -0.1) is 0 Å². The number of nitrogens with one attached hydrogen (secondary N) is 2. The Balaban J connectivity index is 1.64. The summed E-state index contributed by atoms with van der Waals surface area (Å²) in [5.41, 5.74) is 1.84. The molecule has 2 N–H and O–H groups in total. The predicted octanol–water partition coefficient (Wildman–Crippen LogP) is 5.53. The molecule has 13 heteroatoms. The van der Waals surface area contributed by atoms with Gasteiger partial charge < -0.3 is 34.8 Å². The maximum absolute atomic E-state index is 14.8. The normalized spacial score (nSPS) is 19.9. The molecule has 0 aliphatic carbocycles. The predicted molar refractivity (Wildman–Crippen MR) is 186 cm³/mol. The third kappa shape index (κ3) is 7.20. The van der Waals surface area contributed by atoms with Gasteiger partial charge in [0.05, 0.1) is 44.4 Å². The van der Waals surface area contributed by atoms with Crippen molar-refractivity contribution in [2.75, 3.05) is 61.2 Å². The standard InChI is InChI=1S/C35H45FN8O4/c1-10-30(45)39-25-14-26(29(47-9)15-28(25)43-17-22(36)13-23(43)18-42(7)8)40-34-37-16-24(33(46)48-20(2)3)32(41-34)44-19-35(5,6)31-27(44)12-11-21(4)38-31/h10-12,14-16,20,22-23H,1,13,17-19H2,2-9H3,(H,39,45)(H,37,40,41)/t22-,23+/m0/s1/i19D2. The summed E-state index contributed by atoms with van der Waals surface area (Å²) >= 11 is 0. The number of halogens is 1. The van der Waals surface area contributed by atoms with Gasteiger partial charge in [-0.05, 0) is 59.1 Å². The highest BCUT2D eigenvalue weighted by molar-refractivity contribution is 6.02. The number of carbonyl (C=O) groups excluding carboxylic acids is 2. The van der Waals surface area contributed by atoms with Crippen LogP contribution in [0.2, 0.25) is 0 Å². The van der Waals surface area contributed by atoms with Crippen molar-refractivity contribution in [3.05, 3.63) is 60.1 Å². The zero-order valence-electron chi connectivity index (χ0n) is 30.7. The van der Waals surface area contributed by atoms with E-state index in [-0.39, 0.29) is 29.9 Å². The Labute approximate surface area is 284 Å². The van der Waals surface area contributed by atoms with E-state index in [2.05, 4.69) is 27.2 Å². The molecule has 12 nitrogen and oxygen atoms in total. The summed E-state index contributed by atoms with van der Waals surface area (Å²) < 4.78 is 44.7. The minimum Gasteiger partial charge on any atom is -0.494 e. The number of methoxy groups -OCH3 is 1. The monoisotopic (exact) mass is 662 g/mol. The molecule has 0 spiro atoms. The fraction of sp³-hybridized carbons (Fsp3) is 0.457. The van der Waals surface area contributed by atoms with Gasteiger partial charge in [0.15, 0.2) is 5.82 Å². The first kappa shape index (κ1) is 31.8. The SMILES string of the molecule is [2H]C1([2H])N(c2nc(Nc3cc(NC(=O)C=C)c(N4C[C@@H](F)C[C@@H]4CN(C)C)cc3OC)ncc2C(=O)OC(C)C)c2ccc(C)nc2C1(C)C. The second-order valence-corrected chi connectivity index (χ2v) is 13.1. The number of pyridine rings is 1. The van der Waals surface area contributed by atoms with Crippen LogP contribution in [0.5, 0.6) is 5.75 Å². The maximum Gasteiger partial charge on any atom is 0.343 e. The summed E-state index contributed by atoms with van der Waals surface area (Å²) in [6.07, 6.45) is 1.25. The molecule has 1 aromatic carbocycles. The van der Waals surface area contributed by atoms with Crippen molar-refractivity contribution in [3.8, 4) is 5.75 Å². The van der Waals surface area contributed by atoms with E-state index in [0.717, 1.165) is 11.8 Å². The molecule has 0 saturated carbocycles. The van der Waals surface area contributed by atoms with E-state index in [0.29, 0.717) is 47.2 Å². The molecule has 0 unspecified atom stereocenters. The molecule has 2 atom stereocenters. The van der Waals surface area contributed by atoms with Gasteiger partial charge in [-0.2, -0.15) is 4.98 Å². The molecule has 1 amide bonds. The zero-order valence-corrected chi connectivity index (χ0v) is 28.7. The number of ether oxygens (including phenoxy) is 2. The fourth-order valence-corrected chi connectivity index (χ4v) is 6.00. The number of carbonyl (C=O) groups is 2. The van der Waals surface area contributed by atoms with Gasteiger partial charge in [0, 0.05) is 55.4 Å². The Kier molecular flexibility index (Phi) is 9.11. The number of esters is 1. The Morgan fingerprint density at radius 3 is 2.65 bits per heavy atom.